The SMILES string of the molecule is C.CC1CN(Cc2ccc3c(-c4ccc(F)cc4)cc(C#N)nc3c2)[C@@H](C)CN1.C[C@@H](C=O)NC(=O)OC(C)(C)C.C[C@@H](CNC(CI)C(F)(F)F)NC(=O)OC(C)(C)C.C[C@@H](CNC(CO)C(F)(F)F)NC(=O)OC(C)(C)C.C[C@H](N)CNC(CI)C(F)(F)F.C[C@H]1CNC(C(F)(F)F)CN1.N#Cc1cc(-c2ccc(F)cc2)c2ccc(CBr)cc2n1.NC(CO)C(F)(F)F.O=CO[O-].[H-].[K+].[K+]. The first kappa shape index (κ1) is 138. The Morgan fingerprint density at radius 1 is 0.569 bits per heavy atom. The van der Waals surface area contributed by atoms with E-state index in [9.17, 15) is 99.1 Å². The number of piperazine rings is 2. The van der Waals surface area contributed by atoms with E-state index in [0.717, 1.165) is 74.6 Å². The molecule has 6 unspecified atom stereocenters. The molecule has 2 aliphatic rings. The molecule has 0 bridgehead atoms. The Bertz CT molecular complexity index is 4510. The molecular formula is C87H124BrF17I2K2N16O12. The van der Waals surface area contributed by atoms with Gasteiger partial charge in [-0.1, -0.05) is 117 Å². The minimum absolute atomic E-state index is 0. The molecule has 6 aromatic rings. The molecule has 2 fully saturated rings. The summed E-state index contributed by atoms with van der Waals surface area (Å²) in [6.45, 7) is 29.1. The van der Waals surface area contributed by atoms with Crippen LogP contribution in [0.25, 0.3) is 44.1 Å². The summed E-state index contributed by atoms with van der Waals surface area (Å²) in [6, 6.07) is 23.4. The molecule has 0 aliphatic carbocycles. The molecule has 2 aliphatic heterocycles. The molecule has 4 aromatic carbocycles. The molecule has 2 aromatic heterocycles. The van der Waals surface area contributed by atoms with Gasteiger partial charge in [0.15, 0.2) is 0 Å². The van der Waals surface area contributed by atoms with E-state index in [-0.39, 0.29) is 177 Å². The van der Waals surface area contributed by atoms with Gasteiger partial charge < -0.3 is 100 Å². The van der Waals surface area contributed by atoms with E-state index in [4.69, 9.17) is 45.5 Å². The molecule has 766 valence electrons. The molecule has 12 atom stereocenters. The van der Waals surface area contributed by atoms with Crippen LogP contribution in [0.2, 0.25) is 0 Å². The second kappa shape index (κ2) is 67.7. The number of nitrogens with zero attached hydrogens (tertiary/aromatic N) is 5. The predicted octanol–water partition coefficient (Wildman–Crippen LogP) is 9.12. The number of hydrogen-bond acceptors (Lipinski definition) is 25. The Kier molecular flexibility index (Phi) is 68.4. The van der Waals surface area contributed by atoms with Crippen molar-refractivity contribution in [3.63, 3.8) is 0 Å². The van der Waals surface area contributed by atoms with E-state index in [1.165, 1.54) is 36.8 Å². The van der Waals surface area contributed by atoms with Crippen LogP contribution in [0.15, 0.2) is 97.1 Å². The summed E-state index contributed by atoms with van der Waals surface area (Å²) >= 11 is 6.78. The van der Waals surface area contributed by atoms with Crippen molar-refractivity contribution in [3.8, 4) is 34.4 Å². The van der Waals surface area contributed by atoms with Crippen LogP contribution < -0.4 is 167 Å². The third-order valence-electron chi connectivity index (χ3n) is 17.3. The number of nitrogens with two attached hydrogens (primary N) is 2. The van der Waals surface area contributed by atoms with Crippen molar-refractivity contribution < 1.29 is 237 Å². The zero-order valence-corrected chi connectivity index (χ0v) is 90.6. The van der Waals surface area contributed by atoms with Gasteiger partial charge in [0.05, 0.1) is 30.3 Å². The fraction of sp³-hybridized carbons (Fsp3) is 0.575. The molecule has 15 N–H and O–H groups in total. The average molecular weight is 2320 g/mol. The molecule has 3 amide bonds. The number of amides is 3. The average Bonchev–Trinajstić information content (AvgIpc) is 0.786. The van der Waals surface area contributed by atoms with Gasteiger partial charge in [-0.25, -0.2) is 33.1 Å². The number of pyridine rings is 2. The van der Waals surface area contributed by atoms with Crippen molar-refractivity contribution in [2.45, 2.75) is 250 Å². The summed E-state index contributed by atoms with van der Waals surface area (Å²) in [6.07, 6.45) is -22.8. The second-order valence-corrected chi connectivity index (χ2v) is 35.6. The van der Waals surface area contributed by atoms with Crippen molar-refractivity contribution in [1.82, 2.24) is 62.7 Å². The number of nitrogens with one attached hydrogen (secondary N) is 9. The van der Waals surface area contributed by atoms with E-state index >= 15 is 0 Å². The molecule has 0 saturated carbocycles. The Morgan fingerprint density at radius 2 is 0.942 bits per heavy atom. The first-order valence-corrected chi connectivity index (χ1v) is 45.2. The Hall–Kier alpha value is -4.83. The quantitative estimate of drug-likeness (QED) is 0.00415. The van der Waals surface area contributed by atoms with Crippen LogP contribution in [-0.2, 0) is 40.6 Å². The van der Waals surface area contributed by atoms with Crippen LogP contribution >= 0.6 is 61.1 Å². The Balaban J connectivity index is -0.000000496. The summed E-state index contributed by atoms with van der Waals surface area (Å²) in [5.41, 5.74) is 16.0. The number of carbonyl (C=O) groups is 5. The number of rotatable bonds is 23. The number of hydrogen-bond donors (Lipinski definition) is 13. The van der Waals surface area contributed by atoms with Gasteiger partial charge in [-0.05, 0) is 193 Å². The topological polar surface area (TPSA) is 423 Å². The van der Waals surface area contributed by atoms with Crippen molar-refractivity contribution in [2.24, 2.45) is 11.5 Å². The van der Waals surface area contributed by atoms with Gasteiger partial charge in [-0.15, -0.1) is 0 Å². The number of nitriles is 2. The second-order valence-electron chi connectivity index (χ2n) is 33.2. The van der Waals surface area contributed by atoms with E-state index in [2.05, 4.69) is 133 Å². The summed E-state index contributed by atoms with van der Waals surface area (Å²) < 4.78 is 221. The van der Waals surface area contributed by atoms with E-state index < -0.39 is 128 Å². The van der Waals surface area contributed by atoms with Crippen LogP contribution in [0.1, 0.15) is 142 Å². The fourth-order valence-corrected chi connectivity index (χ4v) is 12.6. The third-order valence-corrected chi connectivity index (χ3v) is 19.7. The number of carbonyl (C=O) groups excluding carboxylic acids is 5. The minimum Gasteiger partial charge on any atom is -1.00 e. The fourth-order valence-electron chi connectivity index (χ4n) is 10.7. The molecule has 4 heterocycles. The number of benzene rings is 4. The zero-order valence-electron chi connectivity index (χ0n) is 79.4. The van der Waals surface area contributed by atoms with Gasteiger partial charge >= 0.3 is 152 Å². The first-order chi connectivity index (χ1) is 61.8. The number of aliphatic hydroxyl groups excluding tert-OH is 2. The Morgan fingerprint density at radius 3 is 1.25 bits per heavy atom. The number of aliphatic hydroxyl groups is 2. The predicted molar refractivity (Wildman–Crippen MR) is 500 cm³/mol. The molecule has 137 heavy (non-hydrogen) atoms. The third kappa shape index (κ3) is 61.2. The van der Waals surface area contributed by atoms with E-state index in [1.807, 2.05) is 25.1 Å². The standard InChI is InChI=1S/C23H23FN4.C17H10BrFN2.C11H20F3IN2O2.C11H21F3N2O3.C8H15NO3.C6H12F3IN2.C6H11F3N2.C3H6F3NO.CH2O3.CH4.2K.H/c1-15-13-28(16(2)12-26-15)14-17-3-8-21-22(18-4-6-19(24)7-5-18)10-20(11-25)27-23(21)9-17;18-9-11-1-6-15-16(12-2-4-13(19)5-3-12)8-14(10-20)21-17(15)7-11;1-7(17-9(18)19-10(2,3)4)6-16-8(5-15)11(12,13)14;1-7(16-9(18)19-10(2,3)4)5-15-8(6-17)11(12,13)14;1-6(5-10)9-7(11)12-8(2,3)4;1-4(11)3-12-5(2-10)6(7,8)9;1-4-2-11-5(3-10-4)6(7,8)9;4-3(5,6)2(7)1-8;2-1-4-3;;;;/h3-10,15-16,26H,12-14H2,1-2H3;1-8H,9H2;7-8,16H,5-6H2,1-4H3,(H,17,18);7-8,15,17H,5-6H2,1-4H3,(H,16,18);5-6H,1-4H3,(H,9,11);4-5,12H,2-3,11H2,1H3;4-5,10-11H,2-3H2,1H3;2,8H,1,7H2;1,3H;1H4;;;/q;;;;;;;;;;2*+1;-1/p-1/t15?,16-;;2*7-,8?;6-;2*4-,5?;;;;;;/m0.00000....../s1. The molecule has 50 heteroatoms. The molecule has 0 spiro atoms. The van der Waals surface area contributed by atoms with Crippen molar-refractivity contribution in [1.29, 1.82) is 10.5 Å². The van der Waals surface area contributed by atoms with Gasteiger partial charge in [-0.3, -0.25) is 9.69 Å². The number of aldehydes is 1. The molecule has 8 rings (SSSR count). The number of aromatic nitrogens is 2. The maximum atomic E-state index is 13.3. The maximum absolute atomic E-state index is 13.3. The molecular weight excluding hydrogens is 2200 g/mol. The number of alkyl carbamates (subject to hydrolysis) is 3. The normalized spacial score (nSPS) is 16.6. The van der Waals surface area contributed by atoms with Crippen LogP contribution in [0.4, 0.5) is 89.0 Å². The monoisotopic (exact) mass is 2320 g/mol. The van der Waals surface area contributed by atoms with Crippen LogP contribution in [-0.4, -0.2) is 244 Å². The van der Waals surface area contributed by atoms with Gasteiger partial charge in [0.2, 0.25) is 0 Å². The zero-order chi connectivity index (χ0) is 103. The number of halogens is 20. The van der Waals surface area contributed by atoms with Crippen molar-refractivity contribution in [3.05, 3.63) is 131 Å². The van der Waals surface area contributed by atoms with E-state index in [1.54, 1.807) is 165 Å². The van der Waals surface area contributed by atoms with Crippen LogP contribution in [0, 0.1) is 34.3 Å². The Labute approximate surface area is 910 Å². The van der Waals surface area contributed by atoms with Gasteiger partial charge in [0.1, 0.15) is 88.5 Å². The maximum Gasteiger partial charge on any atom is 1.00 e. The minimum atomic E-state index is -4.53. The summed E-state index contributed by atoms with van der Waals surface area (Å²) in [4.78, 5) is 66.4. The van der Waals surface area contributed by atoms with Crippen LogP contribution in [0.3, 0.4) is 0 Å². The van der Waals surface area contributed by atoms with Crippen LogP contribution in [0.5, 0.6) is 0 Å². The summed E-state index contributed by atoms with van der Waals surface area (Å²) in [7, 11) is 0. The van der Waals surface area contributed by atoms with Gasteiger partial charge in [-0.2, -0.15) is 76.4 Å². The molecule has 0 radical (unpaired) electrons. The summed E-state index contributed by atoms with van der Waals surface area (Å²) in [5.74, 6) is -0.552. The first-order valence-electron chi connectivity index (χ1n) is 41.0. The van der Waals surface area contributed by atoms with Crippen molar-refractivity contribution >= 4 is 114 Å². The smallest absolute Gasteiger partial charge is 1.00 e. The number of alkyl halides is 18. The number of ether oxygens (including phenoxy) is 3. The largest absolute Gasteiger partial charge is 1.00 e. The number of fused-ring (bicyclic) bond motifs is 2. The van der Waals surface area contributed by atoms with E-state index in [0.29, 0.717) is 36.3 Å². The van der Waals surface area contributed by atoms with Gasteiger partial charge in [0, 0.05) is 114 Å². The summed E-state index contributed by atoms with van der Waals surface area (Å²) in [5, 5.41) is 68.9. The van der Waals surface area contributed by atoms with Gasteiger partial charge in [0.25, 0.3) is 6.47 Å². The molecule has 2 saturated heterocycles. The van der Waals surface area contributed by atoms with Crippen molar-refractivity contribution in [2.75, 3.05) is 67.9 Å². The molecule has 28 nitrogen and oxygen atoms in total.